The first-order valence-corrected chi connectivity index (χ1v) is 6.45. The largest absolute Gasteiger partial charge is 0.352 e. The van der Waals surface area contributed by atoms with Gasteiger partial charge in [0.05, 0.1) is 13.1 Å². The Bertz CT molecular complexity index is 292. The standard InChI is InChI=1S/C12H24N4O2/c1-15(7-3-6-13)9-12(18)16(2)8-11(17)14-10-4-5-10/h10H,3-9,13H2,1-2H3,(H,14,17). The lowest BCUT2D eigenvalue weighted by Gasteiger charge is -2.21. The molecule has 1 rings (SSSR count). The molecule has 0 aromatic carbocycles. The number of amides is 2. The van der Waals surface area contributed by atoms with E-state index in [9.17, 15) is 9.59 Å². The Morgan fingerprint density at radius 3 is 2.50 bits per heavy atom. The molecule has 0 bridgehead atoms. The van der Waals surface area contributed by atoms with E-state index < -0.39 is 0 Å². The van der Waals surface area contributed by atoms with E-state index in [1.165, 1.54) is 4.90 Å². The molecule has 6 heteroatoms. The van der Waals surface area contributed by atoms with Gasteiger partial charge in [0.1, 0.15) is 0 Å². The van der Waals surface area contributed by atoms with Crippen LogP contribution in [0.1, 0.15) is 19.3 Å². The first-order chi connectivity index (χ1) is 8.52. The van der Waals surface area contributed by atoms with E-state index in [0.29, 0.717) is 19.1 Å². The summed E-state index contributed by atoms with van der Waals surface area (Å²) in [5, 5.41) is 2.86. The Morgan fingerprint density at radius 1 is 1.28 bits per heavy atom. The number of nitrogens with one attached hydrogen (secondary N) is 1. The molecule has 0 atom stereocenters. The van der Waals surface area contributed by atoms with Gasteiger partial charge in [-0.15, -0.1) is 0 Å². The molecule has 0 unspecified atom stereocenters. The monoisotopic (exact) mass is 256 g/mol. The normalized spacial score (nSPS) is 14.7. The lowest BCUT2D eigenvalue weighted by molar-refractivity contribution is -0.135. The number of likely N-dealkylation sites (N-methyl/N-ethyl adjacent to an activating group) is 2. The Kier molecular flexibility index (Phi) is 6.07. The average molecular weight is 256 g/mol. The molecule has 18 heavy (non-hydrogen) atoms. The maximum Gasteiger partial charge on any atom is 0.239 e. The van der Waals surface area contributed by atoms with E-state index in [4.69, 9.17) is 5.73 Å². The van der Waals surface area contributed by atoms with Crippen LogP contribution in [0.25, 0.3) is 0 Å². The second kappa shape index (κ2) is 7.33. The van der Waals surface area contributed by atoms with Gasteiger partial charge in [-0.25, -0.2) is 0 Å². The summed E-state index contributed by atoms with van der Waals surface area (Å²) in [5.74, 6) is -0.113. The lowest BCUT2D eigenvalue weighted by Crippen LogP contribution is -2.43. The highest BCUT2D eigenvalue weighted by atomic mass is 16.2. The molecule has 1 aliphatic carbocycles. The molecule has 1 fully saturated rings. The van der Waals surface area contributed by atoms with Gasteiger partial charge in [0.25, 0.3) is 0 Å². The van der Waals surface area contributed by atoms with Crippen LogP contribution in [-0.4, -0.2) is 67.9 Å². The van der Waals surface area contributed by atoms with Crippen molar-refractivity contribution >= 4 is 11.8 Å². The van der Waals surface area contributed by atoms with E-state index >= 15 is 0 Å². The van der Waals surface area contributed by atoms with E-state index in [1.54, 1.807) is 7.05 Å². The third-order valence-electron chi connectivity index (χ3n) is 2.90. The minimum Gasteiger partial charge on any atom is -0.352 e. The molecule has 2 amide bonds. The van der Waals surface area contributed by atoms with E-state index in [-0.39, 0.29) is 18.4 Å². The van der Waals surface area contributed by atoms with Gasteiger partial charge < -0.3 is 16.0 Å². The van der Waals surface area contributed by atoms with Crippen LogP contribution in [0.3, 0.4) is 0 Å². The van der Waals surface area contributed by atoms with Crippen LogP contribution < -0.4 is 11.1 Å². The summed E-state index contributed by atoms with van der Waals surface area (Å²) in [4.78, 5) is 26.7. The van der Waals surface area contributed by atoms with E-state index in [0.717, 1.165) is 25.8 Å². The second-order valence-electron chi connectivity index (χ2n) is 4.97. The number of hydrogen-bond acceptors (Lipinski definition) is 4. The maximum atomic E-state index is 11.8. The number of carbonyl (C=O) groups excluding carboxylic acids is 2. The van der Waals surface area contributed by atoms with Gasteiger partial charge >= 0.3 is 0 Å². The van der Waals surface area contributed by atoms with Crippen molar-refractivity contribution < 1.29 is 9.59 Å². The molecule has 6 nitrogen and oxygen atoms in total. The average Bonchev–Trinajstić information content (AvgIpc) is 3.09. The summed E-state index contributed by atoms with van der Waals surface area (Å²) in [7, 11) is 3.54. The maximum absolute atomic E-state index is 11.8. The quantitative estimate of drug-likeness (QED) is 0.584. The van der Waals surface area contributed by atoms with Crippen molar-refractivity contribution in [2.45, 2.75) is 25.3 Å². The third-order valence-corrected chi connectivity index (χ3v) is 2.90. The molecule has 0 heterocycles. The first kappa shape index (κ1) is 14.9. The summed E-state index contributed by atoms with van der Waals surface area (Å²) in [6, 6.07) is 0.341. The Hall–Kier alpha value is -1.14. The zero-order valence-electron chi connectivity index (χ0n) is 11.3. The van der Waals surface area contributed by atoms with E-state index in [2.05, 4.69) is 5.32 Å². The molecule has 1 saturated carbocycles. The van der Waals surface area contributed by atoms with Crippen LogP contribution in [0.15, 0.2) is 0 Å². The molecule has 104 valence electrons. The predicted octanol–water partition coefficient (Wildman–Crippen LogP) is -0.996. The Labute approximate surface area is 108 Å². The highest BCUT2D eigenvalue weighted by molar-refractivity contribution is 5.85. The summed E-state index contributed by atoms with van der Waals surface area (Å²) in [6.07, 6.45) is 2.99. The van der Waals surface area contributed by atoms with Crippen LogP contribution in [0.4, 0.5) is 0 Å². The molecule has 0 saturated heterocycles. The van der Waals surface area contributed by atoms with Gasteiger partial charge in [-0.05, 0) is 39.4 Å². The molecular weight excluding hydrogens is 232 g/mol. The molecule has 3 N–H and O–H groups in total. The van der Waals surface area contributed by atoms with Gasteiger partial charge in [0.15, 0.2) is 0 Å². The van der Waals surface area contributed by atoms with Gasteiger partial charge in [0, 0.05) is 13.1 Å². The molecule has 1 aliphatic rings. The Morgan fingerprint density at radius 2 is 1.94 bits per heavy atom. The second-order valence-corrected chi connectivity index (χ2v) is 4.97. The summed E-state index contributed by atoms with van der Waals surface area (Å²) in [5.41, 5.74) is 5.41. The molecular formula is C12H24N4O2. The summed E-state index contributed by atoms with van der Waals surface area (Å²) < 4.78 is 0. The number of rotatable bonds is 8. The minimum absolute atomic E-state index is 0.0412. The van der Waals surface area contributed by atoms with Crippen LogP contribution >= 0.6 is 0 Å². The molecule has 0 aliphatic heterocycles. The van der Waals surface area contributed by atoms with Crippen molar-refractivity contribution in [2.24, 2.45) is 5.73 Å². The van der Waals surface area contributed by atoms with Crippen LogP contribution in [0.5, 0.6) is 0 Å². The van der Waals surface area contributed by atoms with Crippen LogP contribution in [-0.2, 0) is 9.59 Å². The van der Waals surface area contributed by atoms with Gasteiger partial charge in [-0.1, -0.05) is 0 Å². The predicted molar refractivity (Wildman–Crippen MR) is 70.0 cm³/mol. The zero-order chi connectivity index (χ0) is 13.5. The molecule has 0 radical (unpaired) electrons. The summed E-state index contributed by atoms with van der Waals surface area (Å²) >= 11 is 0. The topological polar surface area (TPSA) is 78.7 Å². The smallest absolute Gasteiger partial charge is 0.239 e. The van der Waals surface area contributed by atoms with Gasteiger partial charge in [0.2, 0.25) is 11.8 Å². The zero-order valence-corrected chi connectivity index (χ0v) is 11.3. The fourth-order valence-electron chi connectivity index (χ4n) is 1.60. The van der Waals surface area contributed by atoms with Gasteiger partial charge in [-0.2, -0.15) is 0 Å². The third kappa shape index (κ3) is 5.97. The SMILES string of the molecule is CN(CCCN)CC(=O)N(C)CC(=O)NC1CC1. The molecule has 0 aromatic rings. The fourth-order valence-corrected chi connectivity index (χ4v) is 1.60. The number of nitrogens with zero attached hydrogens (tertiary/aromatic N) is 2. The summed E-state index contributed by atoms with van der Waals surface area (Å²) in [6.45, 7) is 1.88. The van der Waals surface area contributed by atoms with Crippen LogP contribution in [0.2, 0.25) is 0 Å². The van der Waals surface area contributed by atoms with Crippen molar-refractivity contribution in [2.75, 3.05) is 40.3 Å². The lowest BCUT2D eigenvalue weighted by atomic mass is 10.3. The van der Waals surface area contributed by atoms with Gasteiger partial charge in [-0.3, -0.25) is 14.5 Å². The fraction of sp³-hybridized carbons (Fsp3) is 0.833. The minimum atomic E-state index is -0.0713. The van der Waals surface area contributed by atoms with Crippen molar-refractivity contribution in [1.29, 1.82) is 0 Å². The van der Waals surface area contributed by atoms with Crippen LogP contribution in [0, 0.1) is 0 Å². The molecule has 0 aromatic heterocycles. The highest BCUT2D eigenvalue weighted by Gasteiger charge is 2.24. The Balaban J connectivity index is 2.20. The van der Waals surface area contributed by atoms with E-state index in [1.807, 2.05) is 11.9 Å². The first-order valence-electron chi connectivity index (χ1n) is 6.45. The number of hydrogen-bond donors (Lipinski definition) is 2. The molecule has 0 spiro atoms. The van der Waals surface area contributed by atoms with Crippen molar-refractivity contribution in [3.63, 3.8) is 0 Å². The van der Waals surface area contributed by atoms with Crippen molar-refractivity contribution in [1.82, 2.24) is 15.1 Å². The van der Waals surface area contributed by atoms with Crippen molar-refractivity contribution in [3.8, 4) is 0 Å². The highest BCUT2D eigenvalue weighted by Crippen LogP contribution is 2.18. The van der Waals surface area contributed by atoms with Crippen molar-refractivity contribution in [3.05, 3.63) is 0 Å². The number of nitrogens with two attached hydrogens (primary N) is 1. The number of carbonyl (C=O) groups is 2.